The molecule has 124 valence electrons. The fraction of sp³-hybridized carbons (Fsp3) is 0.105. The lowest BCUT2D eigenvalue weighted by molar-refractivity contribution is 0.0940. The first kappa shape index (κ1) is 16.4. The van der Waals surface area contributed by atoms with Crippen LogP contribution in [0.3, 0.4) is 0 Å². The standard InChI is InChI=1S/C19H15FN4O/c1-12(14-6-4-5-13(9-14)10-21)23-19(25)16-11-22-24-18(16)15-7-2-3-8-17(15)20/h2-9,11-12H,1H3,(H,22,24)(H,23,25). The largest absolute Gasteiger partial charge is 0.345 e. The maximum atomic E-state index is 14.0. The highest BCUT2D eigenvalue weighted by molar-refractivity contribution is 6.00. The molecule has 2 N–H and O–H groups in total. The van der Waals surface area contributed by atoms with Gasteiger partial charge < -0.3 is 5.32 Å². The van der Waals surface area contributed by atoms with E-state index in [1.807, 2.05) is 13.0 Å². The maximum Gasteiger partial charge on any atom is 0.255 e. The lowest BCUT2D eigenvalue weighted by Crippen LogP contribution is -2.26. The monoisotopic (exact) mass is 334 g/mol. The van der Waals surface area contributed by atoms with Gasteiger partial charge in [-0.3, -0.25) is 9.89 Å². The van der Waals surface area contributed by atoms with E-state index in [9.17, 15) is 9.18 Å². The molecule has 6 heteroatoms. The Balaban J connectivity index is 1.84. The van der Waals surface area contributed by atoms with Gasteiger partial charge in [0.2, 0.25) is 0 Å². The molecule has 0 saturated heterocycles. The fourth-order valence-electron chi connectivity index (χ4n) is 2.56. The van der Waals surface area contributed by atoms with Crippen molar-refractivity contribution in [2.45, 2.75) is 13.0 Å². The highest BCUT2D eigenvalue weighted by Gasteiger charge is 2.19. The summed E-state index contributed by atoms with van der Waals surface area (Å²) >= 11 is 0. The quantitative estimate of drug-likeness (QED) is 0.765. The second-order valence-electron chi connectivity index (χ2n) is 5.57. The molecule has 0 bridgehead atoms. The molecule has 0 fully saturated rings. The zero-order valence-electron chi connectivity index (χ0n) is 13.5. The molecular weight excluding hydrogens is 319 g/mol. The van der Waals surface area contributed by atoms with E-state index >= 15 is 0 Å². The highest BCUT2D eigenvalue weighted by atomic mass is 19.1. The molecule has 0 aliphatic carbocycles. The summed E-state index contributed by atoms with van der Waals surface area (Å²) in [5, 5.41) is 18.4. The van der Waals surface area contributed by atoms with Crippen LogP contribution in [-0.4, -0.2) is 16.1 Å². The van der Waals surface area contributed by atoms with Gasteiger partial charge in [-0.05, 0) is 36.8 Å². The summed E-state index contributed by atoms with van der Waals surface area (Å²) < 4.78 is 14.0. The number of halogens is 1. The average Bonchev–Trinajstić information content (AvgIpc) is 3.11. The van der Waals surface area contributed by atoms with Crippen molar-refractivity contribution in [3.8, 4) is 17.3 Å². The van der Waals surface area contributed by atoms with Crippen LogP contribution in [-0.2, 0) is 0 Å². The third kappa shape index (κ3) is 3.40. The van der Waals surface area contributed by atoms with E-state index in [1.54, 1.807) is 36.4 Å². The molecule has 0 aliphatic rings. The number of rotatable bonds is 4. The van der Waals surface area contributed by atoms with Crippen LogP contribution >= 0.6 is 0 Å². The van der Waals surface area contributed by atoms with Gasteiger partial charge in [-0.1, -0.05) is 24.3 Å². The predicted molar refractivity (Wildman–Crippen MR) is 91.0 cm³/mol. The Kier molecular flexibility index (Phi) is 4.57. The van der Waals surface area contributed by atoms with Crippen molar-refractivity contribution < 1.29 is 9.18 Å². The molecule has 1 amide bonds. The lowest BCUT2D eigenvalue weighted by Gasteiger charge is -2.14. The van der Waals surface area contributed by atoms with Crippen LogP contribution < -0.4 is 5.32 Å². The van der Waals surface area contributed by atoms with Crippen molar-refractivity contribution >= 4 is 5.91 Å². The number of aromatic amines is 1. The molecule has 1 heterocycles. The zero-order chi connectivity index (χ0) is 17.8. The third-order valence-corrected chi connectivity index (χ3v) is 3.89. The van der Waals surface area contributed by atoms with Crippen molar-refractivity contribution in [1.82, 2.24) is 15.5 Å². The number of aromatic nitrogens is 2. The highest BCUT2D eigenvalue weighted by Crippen LogP contribution is 2.24. The van der Waals surface area contributed by atoms with Crippen molar-refractivity contribution in [2.75, 3.05) is 0 Å². The number of carbonyl (C=O) groups excluding carboxylic acids is 1. The van der Waals surface area contributed by atoms with Crippen LogP contribution in [0.2, 0.25) is 0 Å². The minimum Gasteiger partial charge on any atom is -0.345 e. The van der Waals surface area contributed by atoms with Crippen LogP contribution in [0.15, 0.2) is 54.7 Å². The maximum absolute atomic E-state index is 14.0. The van der Waals surface area contributed by atoms with Gasteiger partial charge in [-0.15, -0.1) is 0 Å². The van der Waals surface area contributed by atoms with E-state index in [-0.39, 0.29) is 23.1 Å². The SMILES string of the molecule is CC(NC(=O)c1cn[nH]c1-c1ccccc1F)c1cccc(C#N)c1. The third-order valence-electron chi connectivity index (χ3n) is 3.89. The first-order chi connectivity index (χ1) is 12.1. The number of H-pyrrole nitrogens is 1. The van der Waals surface area contributed by atoms with E-state index in [0.717, 1.165) is 5.56 Å². The summed E-state index contributed by atoms with van der Waals surface area (Å²) in [5.74, 6) is -0.808. The number of nitrogens with one attached hydrogen (secondary N) is 2. The normalized spacial score (nSPS) is 11.6. The molecule has 25 heavy (non-hydrogen) atoms. The number of nitriles is 1. The zero-order valence-corrected chi connectivity index (χ0v) is 13.5. The predicted octanol–water partition coefficient (Wildman–Crippen LogP) is 3.58. The summed E-state index contributed by atoms with van der Waals surface area (Å²) in [5.41, 5.74) is 2.20. The smallest absolute Gasteiger partial charge is 0.255 e. The summed E-state index contributed by atoms with van der Waals surface area (Å²) in [7, 11) is 0. The van der Waals surface area contributed by atoms with Crippen LogP contribution in [0, 0.1) is 17.1 Å². The van der Waals surface area contributed by atoms with Gasteiger partial charge in [-0.25, -0.2) is 4.39 Å². The molecule has 1 aromatic heterocycles. The molecule has 0 saturated carbocycles. The van der Waals surface area contributed by atoms with E-state index < -0.39 is 5.82 Å². The minimum absolute atomic E-state index is 0.258. The molecular formula is C19H15FN4O. The van der Waals surface area contributed by atoms with Crippen molar-refractivity contribution in [1.29, 1.82) is 5.26 Å². The van der Waals surface area contributed by atoms with Gasteiger partial charge in [0, 0.05) is 5.56 Å². The van der Waals surface area contributed by atoms with Crippen LogP contribution in [0.25, 0.3) is 11.3 Å². The minimum atomic E-state index is -0.435. The Morgan fingerprint density at radius 1 is 1.28 bits per heavy atom. The van der Waals surface area contributed by atoms with E-state index in [0.29, 0.717) is 11.3 Å². The van der Waals surface area contributed by atoms with E-state index in [1.165, 1.54) is 12.3 Å². The molecule has 0 aliphatic heterocycles. The molecule has 0 spiro atoms. The molecule has 3 rings (SSSR count). The summed E-state index contributed by atoms with van der Waals surface area (Å²) in [6, 6.07) is 15.0. The van der Waals surface area contributed by atoms with Crippen LogP contribution in [0.4, 0.5) is 4.39 Å². The Morgan fingerprint density at radius 3 is 2.84 bits per heavy atom. The average molecular weight is 334 g/mol. The van der Waals surface area contributed by atoms with Gasteiger partial charge in [-0.2, -0.15) is 10.4 Å². The Labute approximate surface area is 144 Å². The van der Waals surface area contributed by atoms with Gasteiger partial charge in [0.25, 0.3) is 5.91 Å². The number of carbonyl (C=O) groups is 1. The number of nitrogens with zero attached hydrogens (tertiary/aromatic N) is 2. The Hall–Kier alpha value is -3.46. The first-order valence-electron chi connectivity index (χ1n) is 7.69. The van der Waals surface area contributed by atoms with E-state index in [2.05, 4.69) is 21.6 Å². The number of amides is 1. The fourth-order valence-corrected chi connectivity index (χ4v) is 2.56. The van der Waals surface area contributed by atoms with Crippen molar-refractivity contribution in [3.05, 3.63) is 77.2 Å². The Morgan fingerprint density at radius 2 is 2.08 bits per heavy atom. The Bertz CT molecular complexity index is 958. The van der Waals surface area contributed by atoms with Crippen LogP contribution in [0.5, 0.6) is 0 Å². The lowest BCUT2D eigenvalue weighted by atomic mass is 10.0. The molecule has 2 aromatic carbocycles. The molecule has 1 unspecified atom stereocenters. The van der Waals surface area contributed by atoms with Gasteiger partial charge >= 0.3 is 0 Å². The number of hydrogen-bond donors (Lipinski definition) is 2. The summed E-state index contributed by atoms with van der Waals surface area (Å²) in [6.45, 7) is 1.82. The second-order valence-corrected chi connectivity index (χ2v) is 5.57. The summed E-state index contributed by atoms with van der Waals surface area (Å²) in [4.78, 5) is 12.6. The first-order valence-corrected chi connectivity index (χ1v) is 7.69. The number of benzene rings is 2. The molecule has 0 radical (unpaired) electrons. The molecule has 3 aromatic rings. The second kappa shape index (κ2) is 6.97. The van der Waals surface area contributed by atoms with Crippen molar-refractivity contribution in [3.63, 3.8) is 0 Å². The molecule has 1 atom stereocenters. The number of hydrogen-bond acceptors (Lipinski definition) is 3. The van der Waals surface area contributed by atoms with Crippen LogP contribution in [0.1, 0.15) is 34.5 Å². The van der Waals surface area contributed by atoms with Gasteiger partial charge in [0.15, 0.2) is 0 Å². The summed E-state index contributed by atoms with van der Waals surface area (Å²) in [6.07, 6.45) is 1.37. The van der Waals surface area contributed by atoms with Gasteiger partial charge in [0.05, 0.1) is 35.1 Å². The van der Waals surface area contributed by atoms with Crippen molar-refractivity contribution in [2.24, 2.45) is 0 Å². The topological polar surface area (TPSA) is 81.6 Å². The van der Waals surface area contributed by atoms with Gasteiger partial charge in [0.1, 0.15) is 5.82 Å². The van der Waals surface area contributed by atoms with E-state index in [4.69, 9.17) is 5.26 Å². The molecule has 5 nitrogen and oxygen atoms in total.